The molecule has 2 bridgehead atoms. The quantitative estimate of drug-likeness (QED) is 0.587. The third-order valence-corrected chi connectivity index (χ3v) is 6.30. The second kappa shape index (κ2) is 8.43. The highest BCUT2D eigenvalue weighted by atomic mass is 16.5. The van der Waals surface area contributed by atoms with Crippen LogP contribution in [0.15, 0.2) is 42.9 Å². The van der Waals surface area contributed by atoms with E-state index in [0.717, 1.165) is 12.8 Å². The Hall–Kier alpha value is -4.13. The molecular formula is C23H23N7O3. The van der Waals surface area contributed by atoms with Crippen molar-refractivity contribution in [2.24, 2.45) is 0 Å². The monoisotopic (exact) mass is 445 g/mol. The van der Waals surface area contributed by atoms with E-state index in [4.69, 9.17) is 9.47 Å². The number of likely N-dealkylation sites (tertiary alicyclic amines) is 1. The van der Waals surface area contributed by atoms with E-state index >= 15 is 0 Å². The van der Waals surface area contributed by atoms with Crippen LogP contribution in [0.3, 0.4) is 0 Å². The Morgan fingerprint density at radius 2 is 1.79 bits per heavy atom. The summed E-state index contributed by atoms with van der Waals surface area (Å²) in [5.74, 6) is 1.50. The van der Waals surface area contributed by atoms with Crippen LogP contribution in [0.4, 0.5) is 5.82 Å². The predicted molar refractivity (Wildman–Crippen MR) is 119 cm³/mol. The molecule has 2 aliphatic rings. The van der Waals surface area contributed by atoms with E-state index in [-0.39, 0.29) is 18.0 Å². The number of aromatic nitrogens is 4. The SMILES string of the molecule is COc1cccc(-n2nccn2)c1C(=O)N1CC2CCC(C1)N2c1nccc(C#N)c1OC. The van der Waals surface area contributed by atoms with Gasteiger partial charge in [0, 0.05) is 31.4 Å². The molecule has 2 aliphatic heterocycles. The first kappa shape index (κ1) is 20.8. The average Bonchev–Trinajstić information content (AvgIpc) is 3.48. The fourth-order valence-electron chi connectivity index (χ4n) is 4.89. The lowest BCUT2D eigenvalue weighted by Gasteiger charge is -2.42. The molecule has 10 heteroatoms. The molecule has 10 nitrogen and oxygen atoms in total. The van der Waals surface area contributed by atoms with Crippen LogP contribution in [0, 0.1) is 11.3 Å². The van der Waals surface area contributed by atoms with Crippen LogP contribution in [0.2, 0.25) is 0 Å². The van der Waals surface area contributed by atoms with Gasteiger partial charge in [-0.1, -0.05) is 6.07 Å². The van der Waals surface area contributed by atoms with Gasteiger partial charge in [-0.15, -0.1) is 0 Å². The molecule has 1 aromatic carbocycles. The third-order valence-electron chi connectivity index (χ3n) is 6.30. The Kier molecular flexibility index (Phi) is 5.30. The van der Waals surface area contributed by atoms with Crippen LogP contribution in [0.25, 0.3) is 5.69 Å². The van der Waals surface area contributed by atoms with Crippen LogP contribution >= 0.6 is 0 Å². The molecule has 2 fully saturated rings. The van der Waals surface area contributed by atoms with Crippen molar-refractivity contribution in [3.05, 3.63) is 54.0 Å². The van der Waals surface area contributed by atoms with Gasteiger partial charge in [-0.3, -0.25) is 4.79 Å². The molecule has 2 atom stereocenters. The van der Waals surface area contributed by atoms with Crippen LogP contribution in [-0.4, -0.2) is 70.2 Å². The fourth-order valence-corrected chi connectivity index (χ4v) is 4.89. The minimum atomic E-state index is -0.123. The summed E-state index contributed by atoms with van der Waals surface area (Å²) in [4.78, 5) is 23.8. The van der Waals surface area contributed by atoms with Crippen molar-refractivity contribution >= 4 is 11.7 Å². The lowest BCUT2D eigenvalue weighted by molar-refractivity contribution is 0.0713. The highest BCUT2D eigenvalue weighted by Gasteiger charge is 2.44. The number of hydrogen-bond donors (Lipinski definition) is 0. The molecular weight excluding hydrogens is 422 g/mol. The second-order valence-corrected chi connectivity index (χ2v) is 8.00. The van der Waals surface area contributed by atoms with Crippen molar-refractivity contribution in [3.8, 4) is 23.3 Å². The van der Waals surface area contributed by atoms with Crippen LogP contribution in [-0.2, 0) is 0 Å². The van der Waals surface area contributed by atoms with Gasteiger partial charge in [0.2, 0.25) is 0 Å². The molecule has 0 radical (unpaired) electrons. The van der Waals surface area contributed by atoms with E-state index < -0.39 is 0 Å². The maximum Gasteiger partial charge on any atom is 0.260 e. The van der Waals surface area contributed by atoms with Gasteiger partial charge in [0.15, 0.2) is 11.6 Å². The third kappa shape index (κ3) is 3.42. The van der Waals surface area contributed by atoms with Crippen molar-refractivity contribution in [2.45, 2.75) is 24.9 Å². The molecule has 3 aromatic rings. The number of amides is 1. The Labute approximate surface area is 190 Å². The van der Waals surface area contributed by atoms with E-state index in [1.54, 1.807) is 44.9 Å². The van der Waals surface area contributed by atoms with E-state index in [1.165, 1.54) is 4.80 Å². The first-order valence-corrected chi connectivity index (χ1v) is 10.7. The van der Waals surface area contributed by atoms with Gasteiger partial charge in [-0.25, -0.2) is 4.98 Å². The van der Waals surface area contributed by atoms with Crippen LogP contribution in [0.1, 0.15) is 28.8 Å². The fraction of sp³-hybridized carbons (Fsp3) is 0.348. The summed E-state index contributed by atoms with van der Waals surface area (Å²) in [7, 11) is 3.10. The maximum absolute atomic E-state index is 13.8. The second-order valence-electron chi connectivity index (χ2n) is 8.00. The summed E-state index contributed by atoms with van der Waals surface area (Å²) in [6.07, 6.45) is 6.63. The maximum atomic E-state index is 13.8. The summed E-state index contributed by atoms with van der Waals surface area (Å²) >= 11 is 0. The summed E-state index contributed by atoms with van der Waals surface area (Å²) in [6, 6.07) is 9.36. The van der Waals surface area contributed by atoms with E-state index in [9.17, 15) is 10.1 Å². The van der Waals surface area contributed by atoms with Crippen molar-refractivity contribution in [1.82, 2.24) is 24.9 Å². The Morgan fingerprint density at radius 1 is 1.06 bits per heavy atom. The molecule has 5 rings (SSSR count). The highest BCUT2D eigenvalue weighted by molar-refractivity contribution is 6.00. The Morgan fingerprint density at radius 3 is 2.42 bits per heavy atom. The number of pyridine rings is 1. The zero-order valence-electron chi connectivity index (χ0n) is 18.4. The number of hydrogen-bond acceptors (Lipinski definition) is 8. The largest absolute Gasteiger partial charge is 0.496 e. The molecule has 0 spiro atoms. The van der Waals surface area contributed by atoms with Gasteiger partial charge in [0.05, 0.1) is 32.2 Å². The number of carbonyl (C=O) groups excluding carboxylic acids is 1. The van der Waals surface area contributed by atoms with E-state index in [2.05, 4.69) is 26.2 Å². The number of ether oxygens (including phenoxy) is 2. The van der Waals surface area contributed by atoms with Crippen LogP contribution < -0.4 is 14.4 Å². The highest BCUT2D eigenvalue weighted by Crippen LogP contribution is 2.40. The number of methoxy groups -OCH3 is 2. The van der Waals surface area contributed by atoms with Gasteiger partial charge < -0.3 is 19.3 Å². The van der Waals surface area contributed by atoms with E-state index in [0.29, 0.717) is 47.2 Å². The van der Waals surface area contributed by atoms with Gasteiger partial charge in [0.1, 0.15) is 23.1 Å². The number of carbonyl (C=O) groups is 1. The molecule has 2 unspecified atom stereocenters. The molecule has 2 saturated heterocycles. The topological polar surface area (TPSA) is 109 Å². The van der Waals surface area contributed by atoms with Crippen molar-refractivity contribution in [2.75, 3.05) is 32.2 Å². The summed E-state index contributed by atoms with van der Waals surface area (Å²) < 4.78 is 11.1. The lowest BCUT2D eigenvalue weighted by Crippen LogP contribution is -2.56. The molecule has 2 aromatic heterocycles. The molecule has 1 amide bonds. The standard InChI is InChI=1S/C23H23N7O3/c1-32-19-5-3-4-18(30-26-10-11-27-30)20(19)23(31)28-13-16-6-7-17(14-28)29(16)22-21(33-2)15(12-24)8-9-25-22/h3-5,8-11,16-17H,6-7,13-14H2,1-2H3. The molecule has 0 saturated carbocycles. The van der Waals surface area contributed by atoms with Gasteiger partial charge >= 0.3 is 0 Å². The zero-order chi connectivity index (χ0) is 22.9. The molecule has 33 heavy (non-hydrogen) atoms. The predicted octanol–water partition coefficient (Wildman–Crippen LogP) is 2.04. The molecule has 168 valence electrons. The normalized spacial score (nSPS) is 19.3. The van der Waals surface area contributed by atoms with Crippen molar-refractivity contribution in [1.29, 1.82) is 5.26 Å². The first-order valence-electron chi connectivity index (χ1n) is 10.7. The number of anilines is 1. The molecule has 4 heterocycles. The summed E-state index contributed by atoms with van der Waals surface area (Å²) in [5.41, 5.74) is 1.46. The number of rotatable bonds is 5. The summed E-state index contributed by atoms with van der Waals surface area (Å²) in [5, 5.41) is 17.9. The number of piperazine rings is 1. The van der Waals surface area contributed by atoms with Gasteiger partial charge in [-0.05, 0) is 31.0 Å². The van der Waals surface area contributed by atoms with E-state index in [1.807, 2.05) is 17.0 Å². The van der Waals surface area contributed by atoms with Gasteiger partial charge in [0.25, 0.3) is 5.91 Å². The smallest absolute Gasteiger partial charge is 0.260 e. The van der Waals surface area contributed by atoms with Gasteiger partial charge in [-0.2, -0.15) is 20.3 Å². The number of fused-ring (bicyclic) bond motifs is 2. The average molecular weight is 445 g/mol. The van der Waals surface area contributed by atoms with Crippen molar-refractivity contribution < 1.29 is 14.3 Å². The zero-order valence-corrected chi connectivity index (χ0v) is 18.4. The Balaban J connectivity index is 1.47. The molecule has 0 N–H and O–H groups in total. The minimum absolute atomic E-state index is 0.0732. The number of nitriles is 1. The minimum Gasteiger partial charge on any atom is -0.496 e. The first-order chi connectivity index (χ1) is 16.2. The van der Waals surface area contributed by atoms with Crippen LogP contribution in [0.5, 0.6) is 11.5 Å². The lowest BCUT2D eigenvalue weighted by atomic mass is 10.1. The van der Waals surface area contributed by atoms with Crippen molar-refractivity contribution in [3.63, 3.8) is 0 Å². The number of benzene rings is 1. The Bertz CT molecular complexity index is 1210. The number of nitrogens with zero attached hydrogens (tertiary/aromatic N) is 7. The molecule has 0 aliphatic carbocycles. The summed E-state index contributed by atoms with van der Waals surface area (Å²) in [6.45, 7) is 1.06.